The van der Waals surface area contributed by atoms with Gasteiger partial charge in [-0.2, -0.15) is 0 Å². The summed E-state index contributed by atoms with van der Waals surface area (Å²) >= 11 is 12.9. The smallest absolute Gasteiger partial charge is 0.269 e. The minimum absolute atomic E-state index is 0.193. The zero-order valence-corrected chi connectivity index (χ0v) is 17.8. The fraction of sp³-hybridized carbons (Fsp3) is 0.200. The Morgan fingerprint density at radius 3 is 2.57 bits per heavy atom. The Kier molecular flexibility index (Phi) is 6.72. The molecule has 0 aliphatic carbocycles. The number of fused-ring (bicyclic) bond motifs is 1. The van der Waals surface area contributed by atoms with Gasteiger partial charge < -0.3 is 14.8 Å². The van der Waals surface area contributed by atoms with E-state index in [9.17, 15) is 4.79 Å². The van der Waals surface area contributed by atoms with E-state index in [1.807, 2.05) is 42.5 Å². The van der Waals surface area contributed by atoms with E-state index in [-0.39, 0.29) is 11.0 Å². The molecule has 1 aromatic heterocycles. The summed E-state index contributed by atoms with van der Waals surface area (Å²) in [6.07, 6.45) is 0.948. The number of hydrogen-bond donors (Lipinski definition) is 2. The molecule has 0 unspecified atom stereocenters. The second-order valence-electron chi connectivity index (χ2n) is 5.89. The molecule has 0 atom stereocenters. The summed E-state index contributed by atoms with van der Waals surface area (Å²) < 4.78 is 11.6. The molecule has 0 spiro atoms. The summed E-state index contributed by atoms with van der Waals surface area (Å²) in [7, 11) is 1.59. The summed E-state index contributed by atoms with van der Waals surface area (Å²) in [6, 6.07) is 12.9. The van der Waals surface area contributed by atoms with Crippen LogP contribution in [0.4, 0.5) is 5.69 Å². The van der Waals surface area contributed by atoms with Gasteiger partial charge in [-0.25, -0.2) is 0 Å². The van der Waals surface area contributed by atoms with Crippen molar-refractivity contribution in [3.8, 4) is 11.5 Å². The van der Waals surface area contributed by atoms with Gasteiger partial charge in [0, 0.05) is 15.8 Å². The molecular weight excluding hydrogens is 416 g/mol. The summed E-state index contributed by atoms with van der Waals surface area (Å²) in [5, 5.41) is 7.05. The average molecular weight is 435 g/mol. The molecule has 0 aliphatic rings. The molecule has 0 saturated heterocycles. The molecule has 1 amide bonds. The predicted octanol–water partition coefficient (Wildman–Crippen LogP) is 5.48. The van der Waals surface area contributed by atoms with Crippen LogP contribution in [0.2, 0.25) is 5.02 Å². The van der Waals surface area contributed by atoms with Crippen molar-refractivity contribution < 1.29 is 14.3 Å². The molecule has 0 saturated carbocycles. The lowest BCUT2D eigenvalue weighted by atomic mass is 10.2. The zero-order chi connectivity index (χ0) is 20.1. The maximum Gasteiger partial charge on any atom is 0.269 e. The zero-order valence-electron chi connectivity index (χ0n) is 15.4. The van der Waals surface area contributed by atoms with Crippen LogP contribution in [0.3, 0.4) is 0 Å². The summed E-state index contributed by atoms with van der Waals surface area (Å²) in [4.78, 5) is 13.0. The highest BCUT2D eigenvalue weighted by molar-refractivity contribution is 7.80. The van der Waals surface area contributed by atoms with Crippen LogP contribution in [0.5, 0.6) is 11.5 Å². The van der Waals surface area contributed by atoms with Gasteiger partial charge in [-0.05, 0) is 61.1 Å². The first-order valence-corrected chi connectivity index (χ1v) is 10.2. The van der Waals surface area contributed by atoms with Gasteiger partial charge in [-0.1, -0.05) is 18.5 Å². The second kappa shape index (κ2) is 9.23. The standard InChI is InChI=1S/C20H19ClN2O3S2/c1-3-10-26-13-6-4-12(5-7-13)22-20(27)23-19(24)18-17(21)15-9-8-14(25-2)11-16(15)28-18/h4-9,11H,3,10H2,1-2H3,(H2,22,23,24,27). The number of ether oxygens (including phenoxy) is 2. The fourth-order valence-electron chi connectivity index (χ4n) is 2.50. The number of halogens is 1. The number of anilines is 1. The van der Waals surface area contributed by atoms with Crippen molar-refractivity contribution in [3.63, 3.8) is 0 Å². The highest BCUT2D eigenvalue weighted by atomic mass is 35.5. The minimum atomic E-state index is -0.356. The van der Waals surface area contributed by atoms with Crippen LogP contribution in [0.1, 0.15) is 23.0 Å². The molecule has 3 rings (SSSR count). The monoisotopic (exact) mass is 434 g/mol. The first-order valence-electron chi connectivity index (χ1n) is 8.63. The lowest BCUT2D eigenvalue weighted by Gasteiger charge is -2.10. The molecule has 5 nitrogen and oxygen atoms in total. The topological polar surface area (TPSA) is 59.6 Å². The van der Waals surface area contributed by atoms with Crippen LogP contribution >= 0.6 is 35.2 Å². The van der Waals surface area contributed by atoms with Gasteiger partial charge in [0.05, 0.1) is 18.7 Å². The highest BCUT2D eigenvalue weighted by Gasteiger charge is 2.18. The van der Waals surface area contributed by atoms with E-state index in [4.69, 9.17) is 33.3 Å². The van der Waals surface area contributed by atoms with Gasteiger partial charge in [0.1, 0.15) is 16.4 Å². The number of thiophene rings is 1. The van der Waals surface area contributed by atoms with Crippen LogP contribution in [0.15, 0.2) is 42.5 Å². The second-order valence-corrected chi connectivity index (χ2v) is 7.73. The van der Waals surface area contributed by atoms with E-state index in [1.54, 1.807) is 7.11 Å². The van der Waals surface area contributed by atoms with Gasteiger partial charge in [0.2, 0.25) is 0 Å². The Labute approximate surface area is 177 Å². The lowest BCUT2D eigenvalue weighted by Crippen LogP contribution is -2.33. The summed E-state index contributed by atoms with van der Waals surface area (Å²) in [5.74, 6) is 1.14. The molecule has 146 valence electrons. The number of nitrogens with one attached hydrogen (secondary N) is 2. The number of carbonyl (C=O) groups is 1. The van der Waals surface area contributed by atoms with Crippen molar-refractivity contribution in [2.75, 3.05) is 19.0 Å². The van der Waals surface area contributed by atoms with E-state index in [1.165, 1.54) is 11.3 Å². The molecule has 0 aliphatic heterocycles. The molecule has 1 heterocycles. The van der Waals surface area contributed by atoms with Crippen molar-refractivity contribution in [3.05, 3.63) is 52.4 Å². The maximum absolute atomic E-state index is 12.6. The van der Waals surface area contributed by atoms with Crippen LogP contribution in [-0.2, 0) is 0 Å². The number of benzene rings is 2. The SMILES string of the molecule is CCCOc1ccc(NC(=S)NC(=O)c2sc3cc(OC)ccc3c2Cl)cc1. The van der Waals surface area contributed by atoms with Crippen molar-refractivity contribution in [1.82, 2.24) is 5.32 Å². The molecule has 0 fully saturated rings. The lowest BCUT2D eigenvalue weighted by molar-refractivity contribution is 0.0982. The molecular formula is C20H19ClN2O3S2. The van der Waals surface area contributed by atoms with Crippen molar-refractivity contribution >= 4 is 61.9 Å². The molecule has 8 heteroatoms. The number of hydrogen-bond acceptors (Lipinski definition) is 5. The third-order valence-electron chi connectivity index (χ3n) is 3.85. The van der Waals surface area contributed by atoms with Crippen molar-refractivity contribution in [1.29, 1.82) is 0 Å². The molecule has 0 bridgehead atoms. The summed E-state index contributed by atoms with van der Waals surface area (Å²) in [5.41, 5.74) is 0.751. The van der Waals surface area contributed by atoms with E-state index in [0.29, 0.717) is 22.3 Å². The highest BCUT2D eigenvalue weighted by Crippen LogP contribution is 2.37. The van der Waals surface area contributed by atoms with Gasteiger partial charge in [-0.3, -0.25) is 10.1 Å². The predicted molar refractivity (Wildman–Crippen MR) is 119 cm³/mol. The van der Waals surface area contributed by atoms with Gasteiger partial charge >= 0.3 is 0 Å². The number of carbonyl (C=O) groups excluding carboxylic acids is 1. The molecule has 2 N–H and O–H groups in total. The van der Waals surface area contributed by atoms with Gasteiger partial charge in [0.15, 0.2) is 5.11 Å². The summed E-state index contributed by atoms with van der Waals surface area (Å²) in [6.45, 7) is 2.72. The molecule has 0 radical (unpaired) electrons. The van der Waals surface area contributed by atoms with E-state index in [0.717, 1.165) is 27.9 Å². The number of methoxy groups -OCH3 is 1. The number of rotatable bonds is 6. The minimum Gasteiger partial charge on any atom is -0.497 e. The van der Waals surface area contributed by atoms with Crippen LogP contribution in [0, 0.1) is 0 Å². The van der Waals surface area contributed by atoms with Crippen molar-refractivity contribution in [2.45, 2.75) is 13.3 Å². The maximum atomic E-state index is 12.6. The van der Waals surface area contributed by atoms with E-state index >= 15 is 0 Å². The van der Waals surface area contributed by atoms with Crippen LogP contribution in [-0.4, -0.2) is 24.7 Å². The quantitative estimate of drug-likeness (QED) is 0.503. The fourth-order valence-corrected chi connectivity index (χ4v) is 4.15. The van der Waals surface area contributed by atoms with Crippen LogP contribution < -0.4 is 20.1 Å². The van der Waals surface area contributed by atoms with E-state index < -0.39 is 0 Å². The van der Waals surface area contributed by atoms with Gasteiger partial charge in [-0.15, -0.1) is 11.3 Å². The third kappa shape index (κ3) is 4.73. The number of amides is 1. The Bertz CT molecular complexity index is 1000. The third-order valence-corrected chi connectivity index (χ3v) is 5.72. The largest absolute Gasteiger partial charge is 0.497 e. The van der Waals surface area contributed by atoms with Crippen molar-refractivity contribution in [2.24, 2.45) is 0 Å². The Morgan fingerprint density at radius 2 is 1.89 bits per heavy atom. The first kappa shape index (κ1) is 20.4. The Morgan fingerprint density at radius 1 is 1.18 bits per heavy atom. The number of thiocarbonyl (C=S) groups is 1. The molecule has 3 aromatic rings. The Balaban J connectivity index is 1.66. The first-order chi connectivity index (χ1) is 13.5. The van der Waals surface area contributed by atoms with Crippen LogP contribution in [0.25, 0.3) is 10.1 Å². The van der Waals surface area contributed by atoms with E-state index in [2.05, 4.69) is 17.6 Å². The van der Waals surface area contributed by atoms with Gasteiger partial charge in [0.25, 0.3) is 5.91 Å². The molecule has 2 aromatic carbocycles. The Hall–Kier alpha value is -2.35. The normalized spacial score (nSPS) is 10.5. The average Bonchev–Trinajstić information content (AvgIpc) is 3.03. The molecule has 28 heavy (non-hydrogen) atoms.